The molecule has 2 aliphatic rings. The highest BCUT2D eigenvalue weighted by Gasteiger charge is 2.36. The van der Waals surface area contributed by atoms with E-state index in [-0.39, 0.29) is 0 Å². The molecule has 2 aromatic heterocycles. The number of nitrogens with one attached hydrogen (secondary N) is 1. The Morgan fingerprint density at radius 2 is 2.27 bits per heavy atom. The minimum absolute atomic E-state index is 0.363. The van der Waals surface area contributed by atoms with Crippen LogP contribution in [0, 0.1) is 19.8 Å². The normalized spacial score (nSPS) is 29.1. The summed E-state index contributed by atoms with van der Waals surface area (Å²) >= 11 is 0. The number of hydrogen-bond acceptors (Lipinski definition) is 5. The summed E-state index contributed by atoms with van der Waals surface area (Å²) in [7, 11) is 0. The Morgan fingerprint density at radius 3 is 3.09 bits per heavy atom. The molecule has 2 aliphatic heterocycles. The van der Waals surface area contributed by atoms with Crippen LogP contribution in [-0.2, 0) is 0 Å². The van der Waals surface area contributed by atoms with Gasteiger partial charge in [-0.3, -0.25) is 10.3 Å². The molecule has 5 nitrogen and oxygen atoms in total. The van der Waals surface area contributed by atoms with Crippen molar-refractivity contribution in [3.8, 4) is 0 Å². The zero-order valence-electron chi connectivity index (χ0n) is 13.2. The summed E-state index contributed by atoms with van der Waals surface area (Å²) in [4.78, 5) is 6.85. The molecule has 118 valence electrons. The van der Waals surface area contributed by atoms with Crippen molar-refractivity contribution in [1.82, 2.24) is 15.2 Å². The van der Waals surface area contributed by atoms with Crippen LogP contribution in [0.5, 0.6) is 0 Å². The first-order chi connectivity index (χ1) is 10.6. The third-order valence-electron chi connectivity index (χ3n) is 5.30. The smallest absolute Gasteiger partial charge is 0.152 e. The van der Waals surface area contributed by atoms with Crippen LogP contribution < -0.4 is 5.32 Å². The van der Waals surface area contributed by atoms with E-state index in [1.807, 2.05) is 19.9 Å². The summed E-state index contributed by atoms with van der Waals surface area (Å²) in [6.07, 6.45) is 3.53. The zero-order valence-corrected chi connectivity index (χ0v) is 13.2. The first-order valence-electron chi connectivity index (χ1n) is 8.14. The minimum atomic E-state index is -0.718. The second-order valence-corrected chi connectivity index (χ2v) is 6.73. The second kappa shape index (κ2) is 5.33. The Labute approximate surface area is 130 Å². The summed E-state index contributed by atoms with van der Waals surface area (Å²) in [5, 5.41) is 15.0. The molecular weight excluding hydrogens is 278 g/mol. The molecule has 2 N–H and O–H groups in total. The van der Waals surface area contributed by atoms with Gasteiger partial charge in [0.05, 0.1) is 11.9 Å². The number of furan rings is 1. The Kier molecular flexibility index (Phi) is 3.44. The van der Waals surface area contributed by atoms with Crippen molar-refractivity contribution >= 4 is 11.0 Å². The maximum Gasteiger partial charge on any atom is 0.152 e. The fourth-order valence-electron chi connectivity index (χ4n) is 3.90. The average Bonchev–Trinajstić information content (AvgIpc) is 2.95. The molecule has 0 aromatic carbocycles. The van der Waals surface area contributed by atoms with Crippen LogP contribution in [0.15, 0.2) is 16.7 Å². The summed E-state index contributed by atoms with van der Waals surface area (Å²) in [6, 6.07) is 2.31. The molecule has 4 unspecified atom stereocenters. The molecule has 5 heteroatoms. The van der Waals surface area contributed by atoms with Gasteiger partial charge in [0.2, 0.25) is 0 Å². The number of piperidine rings is 1. The van der Waals surface area contributed by atoms with Gasteiger partial charge in [0.1, 0.15) is 12.0 Å². The zero-order chi connectivity index (χ0) is 15.3. The lowest BCUT2D eigenvalue weighted by Gasteiger charge is -2.23. The lowest BCUT2D eigenvalue weighted by molar-refractivity contribution is 0.113. The van der Waals surface area contributed by atoms with E-state index in [9.17, 15) is 5.11 Å². The molecule has 2 fully saturated rings. The van der Waals surface area contributed by atoms with Gasteiger partial charge in [-0.2, -0.15) is 0 Å². The molecule has 0 spiro atoms. The molecule has 2 bridgehead atoms. The van der Waals surface area contributed by atoms with E-state index >= 15 is 0 Å². The quantitative estimate of drug-likeness (QED) is 0.850. The van der Waals surface area contributed by atoms with Crippen molar-refractivity contribution in [1.29, 1.82) is 0 Å². The van der Waals surface area contributed by atoms with E-state index in [1.165, 1.54) is 19.4 Å². The highest BCUT2D eigenvalue weighted by atomic mass is 16.3. The first-order valence-corrected chi connectivity index (χ1v) is 8.14. The van der Waals surface area contributed by atoms with Gasteiger partial charge >= 0.3 is 0 Å². The fraction of sp³-hybridized carbons (Fsp3) is 0.588. The van der Waals surface area contributed by atoms with Gasteiger partial charge < -0.3 is 14.4 Å². The molecule has 2 saturated heterocycles. The van der Waals surface area contributed by atoms with E-state index in [0.29, 0.717) is 17.7 Å². The van der Waals surface area contributed by atoms with Gasteiger partial charge in [-0.25, -0.2) is 0 Å². The van der Waals surface area contributed by atoms with Crippen LogP contribution in [0.3, 0.4) is 0 Å². The summed E-state index contributed by atoms with van der Waals surface area (Å²) in [5.74, 6) is 1.57. The molecular formula is C17H23N3O2. The molecule has 2 aromatic rings. The summed E-state index contributed by atoms with van der Waals surface area (Å²) in [5.41, 5.74) is 2.58. The van der Waals surface area contributed by atoms with Crippen LogP contribution in [0.1, 0.15) is 36.1 Å². The Balaban J connectivity index is 1.55. The number of aliphatic hydroxyl groups excluding tert-OH is 1. The number of fused-ring (bicyclic) bond motifs is 3. The number of pyridine rings is 1. The molecule has 4 rings (SSSR count). The highest BCUT2D eigenvalue weighted by Crippen LogP contribution is 2.29. The van der Waals surface area contributed by atoms with Crippen molar-refractivity contribution in [3.05, 3.63) is 29.3 Å². The first kappa shape index (κ1) is 14.2. The van der Waals surface area contributed by atoms with Gasteiger partial charge in [-0.15, -0.1) is 0 Å². The van der Waals surface area contributed by atoms with Crippen molar-refractivity contribution in [3.63, 3.8) is 0 Å². The standard InChI is InChI=1S/C17H23N3O2/c1-10-11(2)22-16-7-18-14(6-13(10)16)17(21)19-15-9-20-5-3-4-12(15)8-20/h6-7,12,15,17,19,21H,3-5,8-9H2,1-2H3. The third kappa shape index (κ3) is 2.33. The van der Waals surface area contributed by atoms with Crippen LogP contribution in [0.2, 0.25) is 0 Å². The van der Waals surface area contributed by atoms with Crippen molar-refractivity contribution < 1.29 is 9.52 Å². The highest BCUT2D eigenvalue weighted by molar-refractivity contribution is 5.81. The maximum absolute atomic E-state index is 10.5. The molecule has 4 atom stereocenters. The Morgan fingerprint density at radius 1 is 1.41 bits per heavy atom. The number of aromatic nitrogens is 1. The van der Waals surface area contributed by atoms with E-state index in [1.54, 1.807) is 6.20 Å². The van der Waals surface area contributed by atoms with Gasteiger partial charge in [0, 0.05) is 24.5 Å². The van der Waals surface area contributed by atoms with Crippen molar-refractivity contribution in [2.24, 2.45) is 5.92 Å². The third-order valence-corrected chi connectivity index (χ3v) is 5.30. The molecule has 0 amide bonds. The van der Waals surface area contributed by atoms with Gasteiger partial charge in [0.25, 0.3) is 0 Å². The molecule has 4 heterocycles. The van der Waals surface area contributed by atoms with Gasteiger partial charge in [-0.05, 0) is 50.8 Å². The van der Waals surface area contributed by atoms with Crippen molar-refractivity contribution in [2.75, 3.05) is 19.6 Å². The number of aliphatic hydroxyl groups is 1. The Bertz CT molecular complexity index is 697. The number of hydrogen-bond donors (Lipinski definition) is 2. The van der Waals surface area contributed by atoms with E-state index in [0.717, 1.165) is 35.4 Å². The van der Waals surface area contributed by atoms with Crippen LogP contribution >= 0.6 is 0 Å². The van der Waals surface area contributed by atoms with Crippen LogP contribution in [0.4, 0.5) is 0 Å². The fourth-order valence-corrected chi connectivity index (χ4v) is 3.90. The minimum Gasteiger partial charge on any atom is -0.459 e. The number of nitrogens with zero attached hydrogens (tertiary/aromatic N) is 2. The lowest BCUT2D eigenvalue weighted by atomic mass is 9.96. The SMILES string of the molecule is Cc1oc2cnc(C(O)NC3CN4CCCC3C4)cc2c1C. The molecule has 22 heavy (non-hydrogen) atoms. The monoisotopic (exact) mass is 301 g/mol. The van der Waals surface area contributed by atoms with Crippen molar-refractivity contribution in [2.45, 2.75) is 39.0 Å². The lowest BCUT2D eigenvalue weighted by Crippen LogP contribution is -2.38. The van der Waals surface area contributed by atoms with Gasteiger partial charge in [-0.1, -0.05) is 0 Å². The van der Waals surface area contributed by atoms with E-state index in [4.69, 9.17) is 4.42 Å². The van der Waals surface area contributed by atoms with Gasteiger partial charge in [0.15, 0.2) is 5.58 Å². The number of aryl methyl sites for hydroxylation is 2. The second-order valence-electron chi connectivity index (χ2n) is 6.73. The largest absolute Gasteiger partial charge is 0.459 e. The Hall–Kier alpha value is -1.43. The summed E-state index contributed by atoms with van der Waals surface area (Å²) in [6.45, 7) is 7.39. The van der Waals surface area contributed by atoms with E-state index in [2.05, 4.69) is 15.2 Å². The predicted molar refractivity (Wildman–Crippen MR) is 84.5 cm³/mol. The molecule has 0 aliphatic carbocycles. The maximum atomic E-state index is 10.5. The van der Waals surface area contributed by atoms with E-state index < -0.39 is 6.23 Å². The van der Waals surface area contributed by atoms with Crippen LogP contribution in [-0.4, -0.2) is 40.7 Å². The average molecular weight is 301 g/mol. The van der Waals surface area contributed by atoms with Crippen LogP contribution in [0.25, 0.3) is 11.0 Å². The topological polar surface area (TPSA) is 61.5 Å². The molecule has 0 radical (unpaired) electrons. The predicted octanol–water partition coefficient (Wildman–Crippen LogP) is 2.12. The number of rotatable bonds is 3. The summed E-state index contributed by atoms with van der Waals surface area (Å²) < 4.78 is 5.65. The molecule has 0 saturated carbocycles.